The lowest BCUT2D eigenvalue weighted by atomic mass is 10.0. The monoisotopic (exact) mass is 270 g/mol. The van der Waals surface area contributed by atoms with Gasteiger partial charge in [-0.15, -0.1) is 0 Å². The molecule has 2 heterocycles. The zero-order chi connectivity index (χ0) is 14.1. The number of nitrogens with zero attached hydrogens (tertiary/aromatic N) is 1. The van der Waals surface area contributed by atoms with Gasteiger partial charge in [-0.3, -0.25) is 0 Å². The van der Waals surface area contributed by atoms with E-state index in [1.165, 1.54) is 0 Å². The van der Waals surface area contributed by atoms with Crippen molar-refractivity contribution < 1.29 is 9.47 Å². The summed E-state index contributed by atoms with van der Waals surface area (Å²) >= 11 is 0. The van der Waals surface area contributed by atoms with E-state index in [2.05, 4.69) is 11.9 Å². The Kier molecular flexibility index (Phi) is 3.22. The van der Waals surface area contributed by atoms with Crippen LogP contribution in [0.15, 0.2) is 30.3 Å². The van der Waals surface area contributed by atoms with Crippen LogP contribution in [0.2, 0.25) is 0 Å². The van der Waals surface area contributed by atoms with Gasteiger partial charge in [-0.2, -0.15) is 0 Å². The van der Waals surface area contributed by atoms with E-state index in [0.29, 0.717) is 24.9 Å². The molecule has 0 aliphatic carbocycles. The predicted octanol–water partition coefficient (Wildman–Crippen LogP) is 3.05. The third-order valence-corrected chi connectivity index (χ3v) is 3.41. The fourth-order valence-corrected chi connectivity index (χ4v) is 2.31. The molecule has 1 atom stereocenters. The van der Waals surface area contributed by atoms with Gasteiger partial charge in [-0.1, -0.05) is 13.0 Å². The second kappa shape index (κ2) is 5.04. The third kappa shape index (κ3) is 2.41. The zero-order valence-corrected chi connectivity index (χ0v) is 11.7. The molecule has 3 rings (SSSR count). The minimum Gasteiger partial charge on any atom is -0.489 e. The lowest BCUT2D eigenvalue weighted by molar-refractivity contribution is 0.228. The number of benzene rings is 1. The number of aromatic nitrogens is 1. The van der Waals surface area contributed by atoms with Gasteiger partial charge in [0.1, 0.15) is 5.82 Å². The Morgan fingerprint density at radius 1 is 1.10 bits per heavy atom. The van der Waals surface area contributed by atoms with Crippen LogP contribution in [-0.4, -0.2) is 18.2 Å². The van der Waals surface area contributed by atoms with Gasteiger partial charge in [0.05, 0.1) is 13.2 Å². The van der Waals surface area contributed by atoms with Crippen LogP contribution in [0.3, 0.4) is 0 Å². The second-order valence-corrected chi connectivity index (χ2v) is 5.26. The van der Waals surface area contributed by atoms with Gasteiger partial charge in [-0.25, -0.2) is 4.98 Å². The van der Waals surface area contributed by atoms with Gasteiger partial charge in [-0.05, 0) is 36.8 Å². The van der Waals surface area contributed by atoms with E-state index in [4.69, 9.17) is 15.2 Å². The summed E-state index contributed by atoms with van der Waals surface area (Å²) < 4.78 is 11.6. The number of nitrogens with two attached hydrogens (primary N) is 1. The van der Waals surface area contributed by atoms with Gasteiger partial charge < -0.3 is 15.2 Å². The van der Waals surface area contributed by atoms with Crippen molar-refractivity contribution in [2.75, 3.05) is 18.9 Å². The molecular formula is C16H18N2O2. The van der Waals surface area contributed by atoms with Crippen LogP contribution >= 0.6 is 0 Å². The molecule has 2 aromatic rings. The van der Waals surface area contributed by atoms with Crippen LogP contribution in [0, 0.1) is 12.8 Å². The number of nitrogen functional groups attached to an aromatic ring is 1. The van der Waals surface area contributed by atoms with E-state index in [1.807, 2.05) is 37.3 Å². The second-order valence-electron chi connectivity index (χ2n) is 5.26. The smallest absolute Gasteiger partial charge is 0.161 e. The molecule has 4 nitrogen and oxygen atoms in total. The Labute approximate surface area is 118 Å². The van der Waals surface area contributed by atoms with Crippen molar-refractivity contribution in [1.29, 1.82) is 0 Å². The quantitative estimate of drug-likeness (QED) is 0.865. The van der Waals surface area contributed by atoms with Gasteiger partial charge >= 0.3 is 0 Å². The summed E-state index contributed by atoms with van der Waals surface area (Å²) in [7, 11) is 0. The lowest BCUT2D eigenvalue weighted by Crippen LogP contribution is -2.12. The molecule has 0 fully saturated rings. The van der Waals surface area contributed by atoms with E-state index >= 15 is 0 Å². The molecule has 0 saturated heterocycles. The van der Waals surface area contributed by atoms with E-state index in [-0.39, 0.29) is 0 Å². The van der Waals surface area contributed by atoms with Crippen LogP contribution < -0.4 is 15.2 Å². The largest absolute Gasteiger partial charge is 0.489 e. The van der Waals surface area contributed by atoms with E-state index in [1.54, 1.807) is 0 Å². The Bertz CT molecular complexity index is 640. The van der Waals surface area contributed by atoms with Crippen LogP contribution in [0.5, 0.6) is 11.5 Å². The van der Waals surface area contributed by atoms with Crippen LogP contribution in [0.1, 0.15) is 12.6 Å². The normalized spacial score (nSPS) is 17.6. The molecule has 1 unspecified atom stereocenters. The Hall–Kier alpha value is -2.23. The predicted molar refractivity (Wildman–Crippen MR) is 79.0 cm³/mol. The Morgan fingerprint density at radius 2 is 1.85 bits per heavy atom. The maximum Gasteiger partial charge on any atom is 0.161 e. The molecule has 0 bridgehead atoms. The van der Waals surface area contributed by atoms with Crippen LogP contribution in [0.25, 0.3) is 11.1 Å². The summed E-state index contributed by atoms with van der Waals surface area (Å²) in [6.07, 6.45) is 0. The first-order chi connectivity index (χ1) is 9.63. The minimum atomic E-state index is 0.394. The fourth-order valence-electron chi connectivity index (χ4n) is 2.31. The highest BCUT2D eigenvalue weighted by molar-refractivity contribution is 5.70. The average Bonchev–Trinajstić information content (AvgIpc) is 2.61. The van der Waals surface area contributed by atoms with Crippen molar-refractivity contribution in [2.45, 2.75) is 13.8 Å². The number of ether oxygens (including phenoxy) is 2. The molecule has 104 valence electrons. The van der Waals surface area contributed by atoms with Crippen molar-refractivity contribution in [2.24, 2.45) is 5.92 Å². The number of aryl methyl sites for hydroxylation is 1. The van der Waals surface area contributed by atoms with Crippen molar-refractivity contribution in [3.63, 3.8) is 0 Å². The topological polar surface area (TPSA) is 57.4 Å². The molecule has 0 saturated carbocycles. The van der Waals surface area contributed by atoms with Gasteiger partial charge in [0.25, 0.3) is 0 Å². The van der Waals surface area contributed by atoms with Crippen LogP contribution in [0.4, 0.5) is 5.82 Å². The van der Waals surface area contributed by atoms with Gasteiger partial charge in [0.2, 0.25) is 0 Å². The summed E-state index contributed by atoms with van der Waals surface area (Å²) in [5, 5.41) is 0. The van der Waals surface area contributed by atoms with E-state index < -0.39 is 0 Å². The zero-order valence-electron chi connectivity index (χ0n) is 11.7. The summed E-state index contributed by atoms with van der Waals surface area (Å²) in [5.74, 6) is 2.53. The molecule has 1 aromatic heterocycles. The van der Waals surface area contributed by atoms with Crippen molar-refractivity contribution in [3.8, 4) is 22.6 Å². The lowest BCUT2D eigenvalue weighted by Gasteiger charge is -2.11. The minimum absolute atomic E-state index is 0.394. The number of anilines is 1. The SMILES string of the molecule is Cc1nc(N)ccc1-c1ccc2c(c1)OCC(C)CO2. The Balaban J connectivity index is 2.00. The maximum atomic E-state index is 5.82. The summed E-state index contributed by atoms with van der Waals surface area (Å²) in [4.78, 5) is 4.30. The molecule has 1 aliphatic heterocycles. The first-order valence-electron chi connectivity index (χ1n) is 6.76. The molecule has 1 aromatic carbocycles. The molecular weight excluding hydrogens is 252 g/mol. The summed E-state index contributed by atoms with van der Waals surface area (Å²) in [5.41, 5.74) is 8.73. The number of hydrogen-bond donors (Lipinski definition) is 1. The average molecular weight is 270 g/mol. The molecule has 20 heavy (non-hydrogen) atoms. The fraction of sp³-hybridized carbons (Fsp3) is 0.312. The van der Waals surface area contributed by atoms with Gasteiger partial charge in [0, 0.05) is 17.2 Å². The first kappa shape index (κ1) is 12.8. The number of fused-ring (bicyclic) bond motifs is 1. The number of rotatable bonds is 1. The highest BCUT2D eigenvalue weighted by atomic mass is 16.5. The van der Waals surface area contributed by atoms with Crippen molar-refractivity contribution in [3.05, 3.63) is 36.0 Å². The molecule has 1 aliphatic rings. The Morgan fingerprint density at radius 3 is 2.60 bits per heavy atom. The third-order valence-electron chi connectivity index (χ3n) is 3.41. The van der Waals surface area contributed by atoms with Crippen molar-refractivity contribution >= 4 is 5.82 Å². The molecule has 2 N–H and O–H groups in total. The van der Waals surface area contributed by atoms with Gasteiger partial charge in [0.15, 0.2) is 11.5 Å². The molecule has 4 heteroatoms. The van der Waals surface area contributed by atoms with E-state index in [0.717, 1.165) is 28.3 Å². The van der Waals surface area contributed by atoms with Crippen LogP contribution in [-0.2, 0) is 0 Å². The first-order valence-corrected chi connectivity index (χ1v) is 6.76. The van der Waals surface area contributed by atoms with E-state index in [9.17, 15) is 0 Å². The highest BCUT2D eigenvalue weighted by Crippen LogP contribution is 2.35. The maximum absolute atomic E-state index is 5.82. The standard InChI is InChI=1S/C16H18N2O2/c1-10-8-19-14-5-3-12(7-15(14)20-9-10)13-4-6-16(17)18-11(13)2/h3-7,10H,8-9H2,1-2H3,(H2,17,18). The molecule has 0 radical (unpaired) electrons. The summed E-state index contributed by atoms with van der Waals surface area (Å²) in [6, 6.07) is 9.79. The molecule has 0 spiro atoms. The highest BCUT2D eigenvalue weighted by Gasteiger charge is 2.16. The summed E-state index contributed by atoms with van der Waals surface area (Å²) in [6.45, 7) is 5.43. The van der Waals surface area contributed by atoms with Crippen molar-refractivity contribution in [1.82, 2.24) is 4.98 Å². The number of pyridine rings is 1. The number of hydrogen-bond acceptors (Lipinski definition) is 4. The molecule has 0 amide bonds.